The Morgan fingerprint density at radius 2 is 2.12 bits per heavy atom. The summed E-state index contributed by atoms with van der Waals surface area (Å²) in [5, 5.41) is 3.50. The number of aryl methyl sites for hydroxylation is 1. The van der Waals surface area contributed by atoms with Gasteiger partial charge in [-0.05, 0) is 25.0 Å². The lowest BCUT2D eigenvalue weighted by Crippen LogP contribution is -2.09. The predicted molar refractivity (Wildman–Crippen MR) is 73.2 cm³/mol. The van der Waals surface area contributed by atoms with E-state index in [0.717, 1.165) is 9.75 Å². The summed E-state index contributed by atoms with van der Waals surface area (Å²) in [6.45, 7) is 6.21. The molecule has 1 amide bonds. The van der Waals surface area contributed by atoms with Crippen molar-refractivity contribution in [2.24, 2.45) is 0 Å². The summed E-state index contributed by atoms with van der Waals surface area (Å²) < 4.78 is 0. The van der Waals surface area contributed by atoms with E-state index in [9.17, 15) is 4.79 Å². The van der Waals surface area contributed by atoms with Gasteiger partial charge in [-0.3, -0.25) is 10.1 Å². The highest BCUT2D eigenvalue weighted by Crippen LogP contribution is 2.26. The van der Waals surface area contributed by atoms with Crippen LogP contribution in [0.1, 0.15) is 39.2 Å². The average molecular weight is 266 g/mol. The van der Waals surface area contributed by atoms with Gasteiger partial charge in [0.05, 0.1) is 4.88 Å². The number of thiophene rings is 1. The summed E-state index contributed by atoms with van der Waals surface area (Å²) in [6, 6.07) is 3.78. The van der Waals surface area contributed by atoms with Gasteiger partial charge < -0.3 is 0 Å². The molecular formula is C12H14N2OS2. The van der Waals surface area contributed by atoms with Crippen molar-refractivity contribution in [2.45, 2.75) is 26.7 Å². The standard InChI is InChI=1S/C12H14N2OS2/c1-7(2)10-6-13-12(17-10)14-11(15)9-5-4-8(3)16-9/h4-7H,1-3H3,(H,13,14,15). The van der Waals surface area contributed by atoms with Crippen LogP contribution in [0.25, 0.3) is 0 Å². The molecule has 0 bridgehead atoms. The molecule has 2 heterocycles. The van der Waals surface area contributed by atoms with Crippen molar-refractivity contribution in [1.82, 2.24) is 4.98 Å². The molecule has 0 aliphatic rings. The Kier molecular flexibility index (Phi) is 3.59. The maximum atomic E-state index is 11.9. The summed E-state index contributed by atoms with van der Waals surface area (Å²) in [6.07, 6.45) is 1.82. The van der Waals surface area contributed by atoms with Crippen molar-refractivity contribution in [1.29, 1.82) is 0 Å². The molecule has 3 nitrogen and oxygen atoms in total. The van der Waals surface area contributed by atoms with E-state index >= 15 is 0 Å². The highest BCUT2D eigenvalue weighted by Gasteiger charge is 2.11. The third-order valence-corrected chi connectivity index (χ3v) is 4.49. The average Bonchev–Trinajstić information content (AvgIpc) is 2.86. The van der Waals surface area contributed by atoms with Gasteiger partial charge in [-0.15, -0.1) is 22.7 Å². The maximum absolute atomic E-state index is 11.9. The zero-order valence-corrected chi connectivity index (χ0v) is 11.6. The number of hydrogen-bond donors (Lipinski definition) is 1. The molecular weight excluding hydrogens is 252 g/mol. The van der Waals surface area contributed by atoms with E-state index in [0.29, 0.717) is 11.0 Å². The van der Waals surface area contributed by atoms with E-state index in [4.69, 9.17) is 0 Å². The molecule has 2 rings (SSSR count). The first-order valence-corrected chi connectivity index (χ1v) is 7.03. The molecule has 0 spiro atoms. The second kappa shape index (κ2) is 4.98. The van der Waals surface area contributed by atoms with Crippen molar-refractivity contribution in [2.75, 3.05) is 5.32 Å². The van der Waals surface area contributed by atoms with Gasteiger partial charge in [0.2, 0.25) is 0 Å². The maximum Gasteiger partial charge on any atom is 0.267 e. The smallest absolute Gasteiger partial charge is 0.267 e. The Balaban J connectivity index is 2.07. The third kappa shape index (κ3) is 2.92. The lowest BCUT2D eigenvalue weighted by Gasteiger charge is -1.98. The topological polar surface area (TPSA) is 42.0 Å². The number of carbonyl (C=O) groups excluding carboxylic acids is 1. The van der Waals surface area contributed by atoms with Crippen molar-refractivity contribution in [3.8, 4) is 0 Å². The second-order valence-electron chi connectivity index (χ2n) is 4.09. The van der Waals surface area contributed by atoms with Gasteiger partial charge in [0.1, 0.15) is 0 Å². The van der Waals surface area contributed by atoms with E-state index in [1.165, 1.54) is 27.6 Å². The summed E-state index contributed by atoms with van der Waals surface area (Å²) in [4.78, 5) is 19.1. The van der Waals surface area contributed by atoms with Gasteiger partial charge in [-0.1, -0.05) is 13.8 Å². The zero-order valence-electron chi connectivity index (χ0n) is 9.98. The normalized spacial score (nSPS) is 10.8. The Morgan fingerprint density at radius 1 is 1.35 bits per heavy atom. The number of aromatic nitrogens is 1. The molecule has 0 aromatic carbocycles. The van der Waals surface area contributed by atoms with Gasteiger partial charge in [0, 0.05) is 16.0 Å². The number of anilines is 1. The van der Waals surface area contributed by atoms with Crippen LogP contribution >= 0.6 is 22.7 Å². The van der Waals surface area contributed by atoms with Crippen LogP contribution in [0.3, 0.4) is 0 Å². The summed E-state index contributed by atoms with van der Waals surface area (Å²) >= 11 is 3.03. The molecule has 0 saturated heterocycles. The molecule has 17 heavy (non-hydrogen) atoms. The van der Waals surface area contributed by atoms with Gasteiger partial charge in [0.15, 0.2) is 5.13 Å². The highest BCUT2D eigenvalue weighted by atomic mass is 32.1. The molecule has 0 fully saturated rings. The van der Waals surface area contributed by atoms with Crippen LogP contribution in [-0.2, 0) is 0 Å². The van der Waals surface area contributed by atoms with E-state index in [-0.39, 0.29) is 5.91 Å². The molecule has 2 aromatic rings. The molecule has 90 valence electrons. The van der Waals surface area contributed by atoms with Crippen molar-refractivity contribution in [3.05, 3.63) is 33.0 Å². The van der Waals surface area contributed by atoms with Gasteiger partial charge in [0.25, 0.3) is 5.91 Å². The molecule has 0 aliphatic heterocycles. The fourth-order valence-corrected chi connectivity index (χ4v) is 2.90. The van der Waals surface area contributed by atoms with Crippen LogP contribution in [0.15, 0.2) is 18.3 Å². The van der Waals surface area contributed by atoms with E-state index < -0.39 is 0 Å². The zero-order chi connectivity index (χ0) is 12.4. The number of rotatable bonds is 3. The van der Waals surface area contributed by atoms with Crippen LogP contribution in [0, 0.1) is 6.92 Å². The molecule has 5 heteroatoms. The van der Waals surface area contributed by atoms with Gasteiger partial charge in [-0.2, -0.15) is 0 Å². The number of amides is 1. The van der Waals surface area contributed by atoms with Crippen LogP contribution < -0.4 is 5.32 Å². The number of nitrogens with zero attached hydrogens (tertiary/aromatic N) is 1. The van der Waals surface area contributed by atoms with E-state index in [1.54, 1.807) is 0 Å². The first-order chi connectivity index (χ1) is 8.06. The fraction of sp³-hybridized carbons (Fsp3) is 0.333. The minimum Gasteiger partial charge on any atom is -0.297 e. The first-order valence-electron chi connectivity index (χ1n) is 5.40. The van der Waals surface area contributed by atoms with Crippen LogP contribution in [0.4, 0.5) is 5.13 Å². The second-order valence-corrected chi connectivity index (χ2v) is 6.44. The molecule has 1 N–H and O–H groups in total. The lowest BCUT2D eigenvalue weighted by molar-refractivity contribution is 0.103. The molecule has 0 saturated carbocycles. The number of thiazole rings is 1. The molecule has 0 aliphatic carbocycles. The number of carbonyl (C=O) groups is 1. The number of nitrogens with one attached hydrogen (secondary N) is 1. The number of hydrogen-bond acceptors (Lipinski definition) is 4. The van der Waals surface area contributed by atoms with E-state index in [1.807, 2.05) is 25.3 Å². The van der Waals surface area contributed by atoms with Crippen molar-refractivity contribution >= 4 is 33.7 Å². The summed E-state index contributed by atoms with van der Waals surface area (Å²) in [5.41, 5.74) is 0. The van der Waals surface area contributed by atoms with Crippen molar-refractivity contribution < 1.29 is 4.79 Å². The Bertz CT molecular complexity index is 528. The van der Waals surface area contributed by atoms with Gasteiger partial charge >= 0.3 is 0 Å². The van der Waals surface area contributed by atoms with Crippen LogP contribution in [-0.4, -0.2) is 10.9 Å². The minimum atomic E-state index is -0.0762. The van der Waals surface area contributed by atoms with Crippen molar-refractivity contribution in [3.63, 3.8) is 0 Å². The van der Waals surface area contributed by atoms with Crippen LogP contribution in [0.2, 0.25) is 0 Å². The molecule has 0 radical (unpaired) electrons. The molecule has 2 aromatic heterocycles. The molecule has 0 atom stereocenters. The van der Waals surface area contributed by atoms with Gasteiger partial charge in [-0.25, -0.2) is 4.98 Å². The largest absolute Gasteiger partial charge is 0.297 e. The molecule has 0 unspecified atom stereocenters. The third-order valence-electron chi connectivity index (χ3n) is 2.28. The highest BCUT2D eigenvalue weighted by molar-refractivity contribution is 7.16. The Labute approximate surface area is 109 Å². The lowest BCUT2D eigenvalue weighted by atomic mass is 10.2. The first kappa shape index (κ1) is 12.3. The SMILES string of the molecule is Cc1ccc(C(=O)Nc2ncc(C(C)C)s2)s1. The Hall–Kier alpha value is -1.20. The minimum absolute atomic E-state index is 0.0762. The summed E-state index contributed by atoms with van der Waals surface area (Å²) in [5.74, 6) is 0.370. The van der Waals surface area contributed by atoms with Crippen LogP contribution in [0.5, 0.6) is 0 Å². The van der Waals surface area contributed by atoms with E-state index in [2.05, 4.69) is 24.1 Å². The Morgan fingerprint density at radius 3 is 2.65 bits per heavy atom. The predicted octanol–water partition coefficient (Wildman–Crippen LogP) is 3.89. The monoisotopic (exact) mass is 266 g/mol. The fourth-order valence-electron chi connectivity index (χ4n) is 1.33. The quantitative estimate of drug-likeness (QED) is 0.915. The summed E-state index contributed by atoms with van der Waals surface area (Å²) in [7, 11) is 0.